The number of methoxy groups -OCH3 is 1. The van der Waals surface area contributed by atoms with E-state index in [2.05, 4.69) is 36.0 Å². The summed E-state index contributed by atoms with van der Waals surface area (Å²) in [6.07, 6.45) is 10.6. The highest BCUT2D eigenvalue weighted by Crippen LogP contribution is 2.41. The molecule has 2 atom stereocenters. The van der Waals surface area contributed by atoms with E-state index >= 15 is 0 Å². The van der Waals surface area contributed by atoms with Crippen molar-refractivity contribution in [2.45, 2.75) is 87.2 Å². The number of aromatic hydroxyl groups is 1. The van der Waals surface area contributed by atoms with Gasteiger partial charge in [-0.05, 0) is 89.3 Å². The van der Waals surface area contributed by atoms with Crippen LogP contribution in [0.15, 0.2) is 48.5 Å². The van der Waals surface area contributed by atoms with E-state index in [0.717, 1.165) is 75.8 Å². The second-order valence-corrected chi connectivity index (χ2v) is 12.3. The Morgan fingerprint density at radius 3 is 1.33 bits per heavy atom. The first-order valence-electron chi connectivity index (χ1n) is 14.7. The average Bonchev–Trinajstić information content (AvgIpc) is 2.92. The first kappa shape index (κ1) is 31.4. The molecule has 2 aromatic carbocycles. The maximum Gasteiger partial charge on any atom is 0.118 e. The van der Waals surface area contributed by atoms with E-state index in [4.69, 9.17) is 4.74 Å². The third-order valence-corrected chi connectivity index (χ3v) is 8.65. The zero-order valence-electron chi connectivity index (χ0n) is 24.9. The number of benzene rings is 2. The molecule has 0 unspecified atom stereocenters. The van der Waals surface area contributed by atoms with Crippen molar-refractivity contribution in [1.82, 2.24) is 9.80 Å². The van der Waals surface area contributed by atoms with Gasteiger partial charge in [-0.2, -0.15) is 0 Å². The van der Waals surface area contributed by atoms with E-state index in [1.165, 1.54) is 18.4 Å². The number of phenols is 1. The second kappa shape index (κ2) is 14.5. The smallest absolute Gasteiger partial charge is 0.118 e. The van der Waals surface area contributed by atoms with Crippen LogP contribution in [0.5, 0.6) is 11.5 Å². The van der Waals surface area contributed by atoms with Crippen LogP contribution in [0.4, 0.5) is 0 Å². The number of ether oxygens (including phenoxy) is 1. The molecule has 0 aliphatic heterocycles. The van der Waals surface area contributed by atoms with Gasteiger partial charge in [-0.15, -0.1) is 0 Å². The molecule has 0 heterocycles. The quantitative estimate of drug-likeness (QED) is 0.375. The van der Waals surface area contributed by atoms with Gasteiger partial charge in [0.1, 0.15) is 11.5 Å². The van der Waals surface area contributed by atoms with Crippen molar-refractivity contribution in [3.63, 3.8) is 0 Å². The highest BCUT2D eigenvalue weighted by atomic mass is 16.5. The lowest BCUT2D eigenvalue weighted by atomic mass is 9.72. The molecule has 218 valence electrons. The largest absolute Gasteiger partial charge is 0.508 e. The zero-order valence-corrected chi connectivity index (χ0v) is 24.9. The minimum absolute atomic E-state index is 0.114. The third kappa shape index (κ3) is 8.94. The lowest BCUT2D eigenvalue weighted by Gasteiger charge is -2.40. The van der Waals surface area contributed by atoms with Crippen LogP contribution in [-0.4, -0.2) is 84.7 Å². The molecular weight excluding hydrogens is 488 g/mol. The SMILES string of the molecule is CN(C)C[C@@H](c1ccc(O)cc1)C1(O)CCCCC1.COc1ccc([C@H](CN(C)C)C2(O)CCCCC2)cc1. The molecule has 4 rings (SSSR count). The Morgan fingerprint density at radius 2 is 1.00 bits per heavy atom. The summed E-state index contributed by atoms with van der Waals surface area (Å²) < 4.78 is 5.23. The van der Waals surface area contributed by atoms with Gasteiger partial charge in [-0.3, -0.25) is 0 Å². The minimum atomic E-state index is -0.598. The molecule has 2 aromatic rings. The molecule has 2 aliphatic carbocycles. The maximum atomic E-state index is 11.1. The Balaban J connectivity index is 0.000000216. The van der Waals surface area contributed by atoms with Crippen LogP contribution in [-0.2, 0) is 0 Å². The summed E-state index contributed by atoms with van der Waals surface area (Å²) in [7, 11) is 9.91. The highest BCUT2D eigenvalue weighted by Gasteiger charge is 2.40. The summed E-state index contributed by atoms with van der Waals surface area (Å²) in [6.45, 7) is 1.71. The number of rotatable bonds is 9. The van der Waals surface area contributed by atoms with Crippen LogP contribution >= 0.6 is 0 Å². The van der Waals surface area contributed by atoms with Gasteiger partial charge in [0.15, 0.2) is 0 Å². The Labute approximate surface area is 236 Å². The first-order chi connectivity index (χ1) is 18.6. The maximum absolute atomic E-state index is 11.1. The van der Waals surface area contributed by atoms with E-state index < -0.39 is 11.2 Å². The van der Waals surface area contributed by atoms with Crippen LogP contribution in [0.3, 0.4) is 0 Å². The van der Waals surface area contributed by atoms with Crippen molar-refractivity contribution in [2.75, 3.05) is 48.4 Å². The fraction of sp³-hybridized carbons (Fsp3) is 0.636. The molecule has 6 nitrogen and oxygen atoms in total. The van der Waals surface area contributed by atoms with Crippen molar-refractivity contribution < 1.29 is 20.1 Å². The molecule has 2 aliphatic rings. The lowest BCUT2D eigenvalue weighted by Crippen LogP contribution is -2.42. The third-order valence-electron chi connectivity index (χ3n) is 8.65. The molecule has 2 saturated carbocycles. The standard InChI is InChI=1S/C17H27NO2.C16H25NO2/c1-18(2)13-16(17(19)11-5-4-6-12-17)14-7-9-15(20-3)10-8-14;1-17(2)12-15(13-6-8-14(18)9-7-13)16(19)10-4-3-5-11-16/h7-10,16,19H,4-6,11-13H2,1-3H3;6-9,15,18-19H,3-5,10-12H2,1-2H3/t16-;15-/m00/s1. The van der Waals surface area contributed by atoms with Crippen LogP contribution < -0.4 is 4.74 Å². The van der Waals surface area contributed by atoms with Crippen LogP contribution in [0.2, 0.25) is 0 Å². The van der Waals surface area contributed by atoms with Gasteiger partial charge in [0.2, 0.25) is 0 Å². The Morgan fingerprint density at radius 1 is 0.641 bits per heavy atom. The zero-order chi connectivity index (χ0) is 28.5. The average molecular weight is 541 g/mol. The molecule has 39 heavy (non-hydrogen) atoms. The van der Waals surface area contributed by atoms with Gasteiger partial charge in [0.25, 0.3) is 0 Å². The summed E-state index contributed by atoms with van der Waals surface area (Å²) in [5.41, 5.74) is 1.18. The Bertz CT molecular complexity index is 962. The number of phenolic OH excluding ortho intramolecular Hbond substituents is 1. The number of likely N-dealkylation sites (N-methyl/N-ethyl adjacent to an activating group) is 2. The molecular formula is C33H52N2O4. The topological polar surface area (TPSA) is 76.4 Å². The molecule has 3 N–H and O–H groups in total. The fourth-order valence-electron chi connectivity index (χ4n) is 6.47. The number of aliphatic hydroxyl groups is 2. The van der Waals surface area contributed by atoms with E-state index in [9.17, 15) is 15.3 Å². The molecule has 2 fully saturated rings. The van der Waals surface area contributed by atoms with Gasteiger partial charge in [0.05, 0.1) is 18.3 Å². The molecule has 0 bridgehead atoms. The number of hydrogen-bond acceptors (Lipinski definition) is 6. The molecule has 0 amide bonds. The predicted molar refractivity (Wildman–Crippen MR) is 160 cm³/mol. The molecule has 6 heteroatoms. The number of nitrogens with zero attached hydrogens (tertiary/aromatic N) is 2. The summed E-state index contributed by atoms with van der Waals surface area (Å²) in [5, 5.41) is 31.5. The number of hydrogen-bond donors (Lipinski definition) is 3. The van der Waals surface area contributed by atoms with E-state index in [1.54, 1.807) is 19.2 Å². The van der Waals surface area contributed by atoms with E-state index in [-0.39, 0.29) is 17.6 Å². The van der Waals surface area contributed by atoms with Crippen molar-refractivity contribution in [1.29, 1.82) is 0 Å². The fourth-order valence-corrected chi connectivity index (χ4v) is 6.47. The van der Waals surface area contributed by atoms with Gasteiger partial charge in [-0.1, -0.05) is 62.8 Å². The van der Waals surface area contributed by atoms with Crippen molar-refractivity contribution >= 4 is 0 Å². The van der Waals surface area contributed by atoms with E-state index in [0.29, 0.717) is 0 Å². The summed E-state index contributed by atoms with van der Waals surface area (Å²) >= 11 is 0. The predicted octanol–water partition coefficient (Wildman–Crippen LogP) is 5.77. The molecule has 0 radical (unpaired) electrons. The van der Waals surface area contributed by atoms with Crippen LogP contribution in [0.25, 0.3) is 0 Å². The molecule has 0 aromatic heterocycles. The summed E-state index contributed by atoms with van der Waals surface area (Å²) in [5.74, 6) is 1.43. The lowest BCUT2D eigenvalue weighted by molar-refractivity contribution is -0.0280. The van der Waals surface area contributed by atoms with Crippen LogP contribution in [0.1, 0.15) is 87.2 Å². The summed E-state index contributed by atoms with van der Waals surface area (Å²) in [6, 6.07) is 15.5. The highest BCUT2D eigenvalue weighted by molar-refractivity contribution is 5.32. The second-order valence-electron chi connectivity index (χ2n) is 12.3. The normalized spacial score (nSPS) is 20.1. The Kier molecular flexibility index (Phi) is 11.7. The van der Waals surface area contributed by atoms with Crippen LogP contribution in [0, 0.1) is 0 Å². The van der Waals surface area contributed by atoms with Crippen molar-refractivity contribution in [3.05, 3.63) is 59.7 Å². The Hall–Kier alpha value is -2.12. The van der Waals surface area contributed by atoms with E-state index in [1.807, 2.05) is 38.4 Å². The minimum Gasteiger partial charge on any atom is -0.508 e. The van der Waals surface area contributed by atoms with Gasteiger partial charge >= 0.3 is 0 Å². The molecule has 0 spiro atoms. The van der Waals surface area contributed by atoms with Gasteiger partial charge in [-0.25, -0.2) is 0 Å². The van der Waals surface area contributed by atoms with Gasteiger partial charge < -0.3 is 29.9 Å². The monoisotopic (exact) mass is 540 g/mol. The summed E-state index contributed by atoms with van der Waals surface area (Å²) in [4.78, 5) is 4.30. The first-order valence-corrected chi connectivity index (χ1v) is 14.7. The molecule has 0 saturated heterocycles. The van der Waals surface area contributed by atoms with Crippen molar-refractivity contribution in [2.24, 2.45) is 0 Å². The van der Waals surface area contributed by atoms with Gasteiger partial charge in [0, 0.05) is 24.9 Å². The van der Waals surface area contributed by atoms with Crippen molar-refractivity contribution in [3.8, 4) is 11.5 Å².